The maximum Gasteiger partial charge on any atom is 0.255 e. The van der Waals surface area contributed by atoms with E-state index < -0.39 is 0 Å². The number of anilines is 1. The third-order valence-corrected chi connectivity index (χ3v) is 3.25. The summed E-state index contributed by atoms with van der Waals surface area (Å²) in [4.78, 5) is 23.6. The molecule has 0 radical (unpaired) electrons. The zero-order chi connectivity index (χ0) is 16.8. The number of hydrogen-bond acceptors (Lipinski definition) is 4. The highest BCUT2D eigenvalue weighted by atomic mass is 16.5. The van der Waals surface area contributed by atoms with Crippen LogP contribution in [0.1, 0.15) is 41.0 Å². The first-order valence-corrected chi connectivity index (χ1v) is 7.40. The van der Waals surface area contributed by atoms with E-state index in [1.807, 2.05) is 6.92 Å². The number of hydrogen-bond donors (Lipinski definition) is 2. The van der Waals surface area contributed by atoms with Crippen molar-refractivity contribution in [2.24, 2.45) is 0 Å². The summed E-state index contributed by atoms with van der Waals surface area (Å²) in [6.07, 6.45) is 0.911. The molecule has 0 fully saturated rings. The second-order valence-electron chi connectivity index (χ2n) is 5.08. The lowest BCUT2D eigenvalue weighted by Gasteiger charge is -2.10. The van der Waals surface area contributed by atoms with Gasteiger partial charge in [0.2, 0.25) is 0 Å². The molecule has 0 spiro atoms. The molecule has 0 aromatic heterocycles. The van der Waals surface area contributed by atoms with Crippen molar-refractivity contribution in [1.29, 1.82) is 0 Å². The average Bonchev–Trinajstić information content (AvgIpc) is 2.55. The number of phenolic OH excluding ortho intramolecular Hbond substituents is 1. The number of para-hydroxylation sites is 1. The number of rotatable bonds is 6. The molecule has 23 heavy (non-hydrogen) atoms. The van der Waals surface area contributed by atoms with Gasteiger partial charge >= 0.3 is 0 Å². The van der Waals surface area contributed by atoms with Gasteiger partial charge in [-0.2, -0.15) is 0 Å². The van der Waals surface area contributed by atoms with E-state index in [1.54, 1.807) is 36.4 Å². The zero-order valence-electron chi connectivity index (χ0n) is 13.1. The van der Waals surface area contributed by atoms with Crippen LogP contribution in [0.3, 0.4) is 0 Å². The SMILES string of the molecule is CCCOc1ccc(C(=O)Nc2cccc(C(C)=O)c2O)cc1. The fourth-order valence-corrected chi connectivity index (χ4v) is 2.05. The Morgan fingerprint density at radius 3 is 2.43 bits per heavy atom. The van der Waals surface area contributed by atoms with Gasteiger partial charge in [0.05, 0.1) is 17.9 Å². The zero-order valence-corrected chi connectivity index (χ0v) is 13.1. The summed E-state index contributed by atoms with van der Waals surface area (Å²) in [5.74, 6) is -0.167. The Kier molecular flexibility index (Phi) is 5.36. The summed E-state index contributed by atoms with van der Waals surface area (Å²) >= 11 is 0. The largest absolute Gasteiger partial charge is 0.505 e. The summed E-state index contributed by atoms with van der Waals surface area (Å²) in [6.45, 7) is 4.00. The van der Waals surface area contributed by atoms with Gasteiger partial charge in [-0.25, -0.2) is 0 Å². The van der Waals surface area contributed by atoms with Crippen LogP contribution in [0, 0.1) is 0 Å². The standard InChI is InChI=1S/C18H19NO4/c1-3-11-23-14-9-7-13(8-10-14)18(22)19-16-6-4-5-15(12(2)20)17(16)21/h4-10,21H,3,11H2,1-2H3,(H,19,22). The van der Waals surface area contributed by atoms with Gasteiger partial charge in [0.1, 0.15) is 11.5 Å². The van der Waals surface area contributed by atoms with Crippen molar-refractivity contribution in [3.63, 3.8) is 0 Å². The van der Waals surface area contributed by atoms with Gasteiger partial charge in [0.15, 0.2) is 5.78 Å². The fraction of sp³-hybridized carbons (Fsp3) is 0.222. The normalized spacial score (nSPS) is 10.2. The lowest BCUT2D eigenvalue weighted by molar-refractivity contribution is 0.100. The summed E-state index contributed by atoms with van der Waals surface area (Å²) in [6, 6.07) is 11.4. The van der Waals surface area contributed by atoms with E-state index in [-0.39, 0.29) is 28.7 Å². The fourth-order valence-electron chi connectivity index (χ4n) is 2.05. The second-order valence-corrected chi connectivity index (χ2v) is 5.08. The van der Waals surface area contributed by atoms with Crippen molar-refractivity contribution < 1.29 is 19.4 Å². The van der Waals surface area contributed by atoms with E-state index in [9.17, 15) is 14.7 Å². The molecule has 0 atom stereocenters. The van der Waals surface area contributed by atoms with Crippen molar-refractivity contribution in [1.82, 2.24) is 0 Å². The van der Waals surface area contributed by atoms with Crippen LogP contribution in [0.25, 0.3) is 0 Å². The number of carbonyl (C=O) groups excluding carboxylic acids is 2. The molecule has 0 saturated carbocycles. The average molecular weight is 313 g/mol. The monoisotopic (exact) mass is 313 g/mol. The van der Waals surface area contributed by atoms with Crippen LogP contribution in [0.4, 0.5) is 5.69 Å². The minimum absolute atomic E-state index is 0.172. The summed E-state index contributed by atoms with van der Waals surface area (Å²) < 4.78 is 5.46. The van der Waals surface area contributed by atoms with Crippen molar-refractivity contribution in [3.05, 3.63) is 53.6 Å². The van der Waals surface area contributed by atoms with Crippen molar-refractivity contribution in [3.8, 4) is 11.5 Å². The molecule has 0 bridgehead atoms. The first kappa shape index (κ1) is 16.5. The molecule has 0 aliphatic rings. The highest BCUT2D eigenvalue weighted by Crippen LogP contribution is 2.28. The van der Waals surface area contributed by atoms with E-state index in [2.05, 4.69) is 5.32 Å². The quantitative estimate of drug-likeness (QED) is 0.630. The molecule has 0 saturated heterocycles. The molecule has 5 heteroatoms. The molecule has 2 rings (SSSR count). The molecule has 5 nitrogen and oxygen atoms in total. The number of phenols is 1. The lowest BCUT2D eigenvalue weighted by Crippen LogP contribution is -2.12. The van der Waals surface area contributed by atoms with Gasteiger partial charge < -0.3 is 15.2 Å². The van der Waals surface area contributed by atoms with Crippen LogP contribution in [0.5, 0.6) is 11.5 Å². The van der Waals surface area contributed by atoms with Gasteiger partial charge in [-0.05, 0) is 49.7 Å². The Balaban J connectivity index is 2.13. The maximum atomic E-state index is 12.2. The van der Waals surface area contributed by atoms with E-state index in [1.165, 1.54) is 13.0 Å². The number of amides is 1. The minimum Gasteiger partial charge on any atom is -0.505 e. The number of carbonyl (C=O) groups is 2. The van der Waals surface area contributed by atoms with Gasteiger partial charge in [-0.3, -0.25) is 9.59 Å². The first-order valence-electron chi connectivity index (χ1n) is 7.40. The Labute approximate surface area is 134 Å². The number of Topliss-reactive ketones (excluding diaryl/α,β-unsaturated/α-hetero) is 1. The van der Waals surface area contributed by atoms with E-state index in [4.69, 9.17) is 4.74 Å². The summed E-state index contributed by atoms with van der Waals surface area (Å²) in [7, 11) is 0. The first-order chi connectivity index (χ1) is 11.0. The molecule has 0 aliphatic heterocycles. The van der Waals surface area contributed by atoms with Gasteiger partial charge in [-0.15, -0.1) is 0 Å². The van der Waals surface area contributed by atoms with Crippen LogP contribution in [-0.2, 0) is 0 Å². The van der Waals surface area contributed by atoms with E-state index >= 15 is 0 Å². The Morgan fingerprint density at radius 1 is 1.13 bits per heavy atom. The molecule has 2 aromatic carbocycles. The summed E-state index contributed by atoms with van der Waals surface area (Å²) in [5.41, 5.74) is 0.807. The molecule has 0 unspecified atom stereocenters. The Hall–Kier alpha value is -2.82. The smallest absolute Gasteiger partial charge is 0.255 e. The molecule has 2 N–H and O–H groups in total. The van der Waals surface area contributed by atoms with Crippen LogP contribution >= 0.6 is 0 Å². The minimum atomic E-state index is -0.372. The van der Waals surface area contributed by atoms with Crippen LogP contribution in [0.2, 0.25) is 0 Å². The number of aromatic hydroxyl groups is 1. The second kappa shape index (κ2) is 7.45. The number of nitrogens with one attached hydrogen (secondary N) is 1. The van der Waals surface area contributed by atoms with E-state index in [0.29, 0.717) is 17.9 Å². The van der Waals surface area contributed by atoms with Gasteiger partial charge in [-0.1, -0.05) is 13.0 Å². The highest BCUT2D eigenvalue weighted by molar-refractivity contribution is 6.07. The summed E-state index contributed by atoms with van der Waals surface area (Å²) in [5, 5.41) is 12.6. The van der Waals surface area contributed by atoms with E-state index in [0.717, 1.165) is 6.42 Å². The molecular weight excluding hydrogens is 294 g/mol. The third kappa shape index (κ3) is 4.10. The Morgan fingerprint density at radius 2 is 1.83 bits per heavy atom. The number of ether oxygens (including phenoxy) is 1. The van der Waals surface area contributed by atoms with Crippen LogP contribution < -0.4 is 10.1 Å². The predicted molar refractivity (Wildman–Crippen MR) is 88.3 cm³/mol. The number of benzene rings is 2. The van der Waals surface area contributed by atoms with Crippen molar-refractivity contribution in [2.75, 3.05) is 11.9 Å². The predicted octanol–water partition coefficient (Wildman–Crippen LogP) is 3.64. The number of ketones is 1. The highest BCUT2D eigenvalue weighted by Gasteiger charge is 2.13. The van der Waals surface area contributed by atoms with Crippen LogP contribution in [0.15, 0.2) is 42.5 Å². The Bertz CT molecular complexity index is 707. The van der Waals surface area contributed by atoms with Crippen LogP contribution in [-0.4, -0.2) is 23.4 Å². The molecular formula is C18H19NO4. The topological polar surface area (TPSA) is 75.6 Å². The maximum absolute atomic E-state index is 12.2. The molecule has 0 heterocycles. The lowest BCUT2D eigenvalue weighted by atomic mass is 10.1. The van der Waals surface area contributed by atoms with Gasteiger partial charge in [0.25, 0.3) is 5.91 Å². The third-order valence-electron chi connectivity index (χ3n) is 3.25. The van der Waals surface area contributed by atoms with Crippen molar-refractivity contribution >= 4 is 17.4 Å². The molecule has 120 valence electrons. The van der Waals surface area contributed by atoms with Crippen molar-refractivity contribution in [2.45, 2.75) is 20.3 Å². The molecule has 0 aliphatic carbocycles. The van der Waals surface area contributed by atoms with Gasteiger partial charge in [0, 0.05) is 5.56 Å². The molecule has 1 amide bonds. The molecule has 2 aromatic rings.